The molecule has 25 heavy (non-hydrogen) atoms. The van der Waals surface area contributed by atoms with Crippen LogP contribution in [0.3, 0.4) is 0 Å². The Morgan fingerprint density at radius 1 is 1.12 bits per heavy atom. The zero-order chi connectivity index (χ0) is 16.8. The minimum Gasteiger partial charge on any atom is -0.464 e. The summed E-state index contributed by atoms with van der Waals surface area (Å²) in [7, 11) is 0. The van der Waals surface area contributed by atoms with Crippen molar-refractivity contribution in [2.24, 2.45) is 5.10 Å². The van der Waals surface area contributed by atoms with Gasteiger partial charge in [0.2, 0.25) is 6.23 Å². The molecular weight excluding hydrogens is 382 g/mol. The van der Waals surface area contributed by atoms with Gasteiger partial charge in [0.1, 0.15) is 17.2 Å². The van der Waals surface area contributed by atoms with Crippen LogP contribution in [-0.4, -0.2) is 15.7 Å². The van der Waals surface area contributed by atoms with Crippen LogP contribution in [0.25, 0.3) is 0 Å². The predicted octanol–water partition coefficient (Wildman–Crippen LogP) is 4.68. The first-order chi connectivity index (χ1) is 12.3. The van der Waals surface area contributed by atoms with Crippen molar-refractivity contribution < 1.29 is 9.15 Å². The van der Waals surface area contributed by atoms with Gasteiger partial charge in [-0.3, -0.25) is 4.98 Å². The van der Waals surface area contributed by atoms with Crippen LogP contribution in [-0.2, 0) is 0 Å². The number of aromatic nitrogens is 1. The second-order valence-electron chi connectivity index (χ2n) is 6.06. The Kier molecular flexibility index (Phi) is 3.38. The molecule has 0 saturated carbocycles. The lowest BCUT2D eigenvalue weighted by Crippen LogP contribution is -2.33. The van der Waals surface area contributed by atoms with E-state index >= 15 is 0 Å². The molecule has 0 N–H and O–H groups in total. The van der Waals surface area contributed by atoms with Crippen molar-refractivity contribution in [1.82, 2.24) is 9.99 Å². The van der Waals surface area contributed by atoms with Gasteiger partial charge < -0.3 is 9.15 Å². The number of hydrogen-bond acceptors (Lipinski definition) is 5. The van der Waals surface area contributed by atoms with Crippen molar-refractivity contribution in [3.8, 4) is 5.75 Å². The summed E-state index contributed by atoms with van der Waals surface area (Å²) in [5, 5.41) is 6.86. The van der Waals surface area contributed by atoms with Crippen molar-refractivity contribution >= 4 is 21.6 Å². The molecule has 0 spiro atoms. The minimum atomic E-state index is -0.283. The number of fused-ring (bicyclic) bond motifs is 3. The van der Waals surface area contributed by atoms with Gasteiger partial charge >= 0.3 is 0 Å². The SMILES string of the molecule is Brc1ccc2c(c1)[C@@H]1CC(c3ccco3)=NN1[C@H](c1ccncc1)O2. The molecule has 5 rings (SSSR count). The molecule has 6 heteroatoms. The highest BCUT2D eigenvalue weighted by Crippen LogP contribution is 2.48. The fourth-order valence-corrected chi connectivity index (χ4v) is 3.78. The van der Waals surface area contributed by atoms with Gasteiger partial charge in [-0.05, 0) is 42.5 Å². The molecule has 3 aromatic rings. The van der Waals surface area contributed by atoms with Gasteiger partial charge in [-0.25, -0.2) is 5.01 Å². The van der Waals surface area contributed by atoms with E-state index in [0.717, 1.165) is 39.2 Å². The number of ether oxygens (including phenoxy) is 1. The van der Waals surface area contributed by atoms with Crippen LogP contribution >= 0.6 is 15.9 Å². The Morgan fingerprint density at radius 3 is 2.80 bits per heavy atom. The van der Waals surface area contributed by atoms with Gasteiger partial charge in [0, 0.05) is 34.4 Å². The third kappa shape index (κ3) is 2.44. The second kappa shape index (κ2) is 5.74. The first-order valence-electron chi connectivity index (χ1n) is 8.05. The molecule has 0 saturated heterocycles. The van der Waals surface area contributed by atoms with Crippen LogP contribution in [0.1, 0.15) is 35.6 Å². The lowest BCUT2D eigenvalue weighted by Gasteiger charge is -2.38. The summed E-state index contributed by atoms with van der Waals surface area (Å²) < 4.78 is 12.9. The molecule has 0 bridgehead atoms. The van der Waals surface area contributed by atoms with Gasteiger partial charge in [0.25, 0.3) is 0 Å². The summed E-state index contributed by atoms with van der Waals surface area (Å²) in [4.78, 5) is 4.11. The summed E-state index contributed by atoms with van der Waals surface area (Å²) in [5.74, 6) is 1.70. The first kappa shape index (κ1) is 14.7. The number of hydrazone groups is 1. The van der Waals surface area contributed by atoms with E-state index in [1.54, 1.807) is 18.7 Å². The molecular formula is C19H14BrN3O2. The number of furan rings is 1. The number of nitrogens with zero attached hydrogens (tertiary/aromatic N) is 3. The number of benzene rings is 1. The third-order valence-electron chi connectivity index (χ3n) is 4.55. The molecule has 0 radical (unpaired) electrons. The van der Waals surface area contributed by atoms with Gasteiger partial charge in [0.15, 0.2) is 0 Å². The second-order valence-corrected chi connectivity index (χ2v) is 6.97. The van der Waals surface area contributed by atoms with E-state index in [0.29, 0.717) is 0 Å². The number of rotatable bonds is 2. The van der Waals surface area contributed by atoms with Crippen molar-refractivity contribution in [2.75, 3.05) is 0 Å². The maximum Gasteiger partial charge on any atom is 0.213 e. The Morgan fingerprint density at radius 2 is 2.00 bits per heavy atom. The lowest BCUT2D eigenvalue weighted by atomic mass is 9.97. The molecule has 0 fully saturated rings. The summed E-state index contributed by atoms with van der Waals surface area (Å²) in [6, 6.07) is 14.0. The monoisotopic (exact) mass is 395 g/mol. The fraction of sp³-hybridized carbons (Fsp3) is 0.158. The van der Waals surface area contributed by atoms with E-state index in [1.165, 1.54) is 0 Å². The molecule has 5 nitrogen and oxygen atoms in total. The highest BCUT2D eigenvalue weighted by Gasteiger charge is 2.41. The minimum absolute atomic E-state index is 0.111. The molecule has 2 atom stereocenters. The van der Waals surface area contributed by atoms with Crippen LogP contribution in [0.2, 0.25) is 0 Å². The summed E-state index contributed by atoms with van der Waals surface area (Å²) in [6.45, 7) is 0. The standard InChI is InChI=1S/C19H14BrN3O2/c20-13-3-4-17-14(10-13)16-11-15(18-2-1-9-24-18)22-23(16)19(25-17)12-5-7-21-8-6-12/h1-10,16,19H,11H2/t16-,19-/m0/s1. The molecule has 2 aliphatic rings. The molecule has 1 aromatic carbocycles. The molecule has 4 heterocycles. The third-order valence-corrected chi connectivity index (χ3v) is 5.04. The van der Waals surface area contributed by atoms with Crippen LogP contribution in [0.4, 0.5) is 0 Å². The van der Waals surface area contributed by atoms with E-state index in [9.17, 15) is 0 Å². The highest BCUT2D eigenvalue weighted by molar-refractivity contribution is 9.10. The molecule has 0 amide bonds. The predicted molar refractivity (Wildman–Crippen MR) is 96.2 cm³/mol. The van der Waals surface area contributed by atoms with Crippen LogP contribution in [0.5, 0.6) is 5.75 Å². The van der Waals surface area contributed by atoms with E-state index in [1.807, 2.05) is 41.4 Å². The lowest BCUT2D eigenvalue weighted by molar-refractivity contribution is -0.0191. The Hall–Kier alpha value is -2.60. The van der Waals surface area contributed by atoms with Crippen molar-refractivity contribution in [2.45, 2.75) is 18.7 Å². The van der Waals surface area contributed by atoms with E-state index < -0.39 is 0 Å². The smallest absolute Gasteiger partial charge is 0.213 e. The fourth-order valence-electron chi connectivity index (χ4n) is 3.40. The Labute approximate surface area is 153 Å². The summed E-state index contributed by atoms with van der Waals surface area (Å²) in [6.07, 6.45) is 5.73. The van der Waals surface area contributed by atoms with Crippen LogP contribution in [0.15, 0.2) is 75.1 Å². The van der Waals surface area contributed by atoms with Crippen molar-refractivity contribution in [3.63, 3.8) is 0 Å². The number of hydrogen-bond donors (Lipinski definition) is 0. The molecule has 0 unspecified atom stereocenters. The molecule has 0 aliphatic carbocycles. The van der Waals surface area contributed by atoms with Crippen molar-refractivity contribution in [3.05, 3.63) is 82.5 Å². The van der Waals surface area contributed by atoms with Crippen LogP contribution in [0, 0.1) is 0 Å². The molecule has 2 aromatic heterocycles. The summed E-state index contributed by atoms with van der Waals surface area (Å²) >= 11 is 3.56. The zero-order valence-corrected chi connectivity index (χ0v) is 14.8. The Balaban J connectivity index is 1.62. The zero-order valence-electron chi connectivity index (χ0n) is 13.2. The van der Waals surface area contributed by atoms with Crippen molar-refractivity contribution in [1.29, 1.82) is 0 Å². The topological polar surface area (TPSA) is 50.9 Å². The van der Waals surface area contributed by atoms with Gasteiger partial charge in [0.05, 0.1) is 12.3 Å². The first-order valence-corrected chi connectivity index (χ1v) is 8.84. The quantitative estimate of drug-likeness (QED) is 0.631. The van der Waals surface area contributed by atoms with Gasteiger partial charge in [-0.15, -0.1) is 0 Å². The van der Waals surface area contributed by atoms with Gasteiger partial charge in [-0.1, -0.05) is 15.9 Å². The molecule has 2 aliphatic heterocycles. The average molecular weight is 396 g/mol. The van der Waals surface area contributed by atoms with E-state index in [4.69, 9.17) is 14.3 Å². The van der Waals surface area contributed by atoms with E-state index in [-0.39, 0.29) is 12.3 Å². The largest absolute Gasteiger partial charge is 0.464 e. The van der Waals surface area contributed by atoms with E-state index in [2.05, 4.69) is 27.0 Å². The maximum atomic E-state index is 6.29. The normalized spacial score (nSPS) is 21.3. The van der Waals surface area contributed by atoms with Crippen LogP contribution < -0.4 is 4.74 Å². The number of pyridine rings is 1. The maximum absolute atomic E-state index is 6.29. The Bertz CT molecular complexity index is 941. The number of halogens is 1. The van der Waals surface area contributed by atoms with Gasteiger partial charge in [-0.2, -0.15) is 5.10 Å². The molecule has 124 valence electrons. The summed E-state index contributed by atoms with van der Waals surface area (Å²) in [5.41, 5.74) is 3.09. The highest BCUT2D eigenvalue weighted by atomic mass is 79.9. The average Bonchev–Trinajstić information content (AvgIpc) is 3.31.